The summed E-state index contributed by atoms with van der Waals surface area (Å²) in [7, 11) is 0. The van der Waals surface area contributed by atoms with Crippen molar-refractivity contribution in [1.29, 1.82) is 0 Å². The average Bonchev–Trinajstić information content (AvgIpc) is 3.35. The number of benzene rings is 2. The minimum Gasteiger partial charge on any atom is -0.346 e. The Morgan fingerprint density at radius 2 is 1.74 bits per heavy atom. The summed E-state index contributed by atoms with van der Waals surface area (Å²) in [5.41, 5.74) is 2.55. The fraction of sp³-hybridized carbons (Fsp3) is 0.444. The molecule has 178 valence electrons. The highest BCUT2D eigenvalue weighted by molar-refractivity contribution is 7.09. The van der Waals surface area contributed by atoms with Crippen LogP contribution in [0.5, 0.6) is 0 Å². The highest BCUT2D eigenvalue weighted by Gasteiger charge is 2.32. The summed E-state index contributed by atoms with van der Waals surface area (Å²) in [6, 6.07) is 18.5. The van der Waals surface area contributed by atoms with Crippen LogP contribution in [0.15, 0.2) is 54.6 Å². The summed E-state index contributed by atoms with van der Waals surface area (Å²) in [5.74, 6) is 1.89. The molecule has 1 amide bonds. The van der Waals surface area contributed by atoms with Crippen LogP contribution in [-0.2, 0) is 17.6 Å². The first-order valence-electron chi connectivity index (χ1n) is 12.3. The third-order valence-corrected chi connectivity index (χ3v) is 8.13. The van der Waals surface area contributed by atoms with Gasteiger partial charge in [0.05, 0.1) is 5.92 Å². The van der Waals surface area contributed by atoms with Crippen LogP contribution in [0.3, 0.4) is 0 Å². The van der Waals surface area contributed by atoms with Crippen molar-refractivity contribution in [2.75, 3.05) is 31.1 Å². The Hall–Kier alpha value is -2.44. The van der Waals surface area contributed by atoms with Gasteiger partial charge in [-0.2, -0.15) is 4.37 Å². The molecule has 5 rings (SSSR count). The van der Waals surface area contributed by atoms with E-state index in [-0.39, 0.29) is 5.92 Å². The SMILES string of the molecule is O=C(C1CCCN(c2nc(Cc3ccc(Cl)cc3)ns2)C1)N1CCC(Cc2ccccc2)CC1. The summed E-state index contributed by atoms with van der Waals surface area (Å²) in [6.45, 7) is 3.46. The van der Waals surface area contributed by atoms with Crippen LogP contribution in [0.25, 0.3) is 0 Å². The van der Waals surface area contributed by atoms with Gasteiger partial charge in [0.15, 0.2) is 0 Å². The number of carbonyl (C=O) groups excluding carboxylic acids is 1. The Morgan fingerprint density at radius 1 is 0.971 bits per heavy atom. The van der Waals surface area contributed by atoms with Crippen molar-refractivity contribution in [3.05, 3.63) is 76.6 Å². The Balaban J connectivity index is 1.14. The molecule has 2 fully saturated rings. The Kier molecular flexibility index (Phi) is 7.45. The van der Waals surface area contributed by atoms with Crippen molar-refractivity contribution in [1.82, 2.24) is 14.3 Å². The normalized spacial score (nSPS) is 19.4. The highest BCUT2D eigenvalue weighted by atomic mass is 35.5. The molecular weight excluding hydrogens is 464 g/mol. The number of rotatable bonds is 6. The van der Waals surface area contributed by atoms with Gasteiger partial charge in [0.25, 0.3) is 0 Å². The Labute approximate surface area is 210 Å². The molecular formula is C27H31ClN4OS. The van der Waals surface area contributed by atoms with Gasteiger partial charge >= 0.3 is 0 Å². The monoisotopic (exact) mass is 494 g/mol. The van der Waals surface area contributed by atoms with Crippen molar-refractivity contribution in [2.24, 2.45) is 11.8 Å². The van der Waals surface area contributed by atoms with Gasteiger partial charge in [-0.25, -0.2) is 4.98 Å². The second-order valence-corrected chi connectivity index (χ2v) is 10.7. The van der Waals surface area contributed by atoms with E-state index in [1.807, 2.05) is 24.3 Å². The zero-order chi connectivity index (χ0) is 23.3. The lowest BCUT2D eigenvalue weighted by Gasteiger charge is -2.37. The summed E-state index contributed by atoms with van der Waals surface area (Å²) >= 11 is 7.43. The van der Waals surface area contributed by atoms with Crippen molar-refractivity contribution in [3.63, 3.8) is 0 Å². The molecule has 0 spiro atoms. The minimum absolute atomic E-state index is 0.0584. The van der Waals surface area contributed by atoms with E-state index < -0.39 is 0 Å². The standard InChI is InChI=1S/C27H31ClN4OS/c28-24-10-8-21(9-11-24)18-25-29-27(34-30-25)32-14-4-7-23(19-32)26(33)31-15-12-22(13-16-31)17-20-5-2-1-3-6-20/h1-3,5-6,8-11,22-23H,4,7,12-19H2. The van der Waals surface area contributed by atoms with E-state index in [2.05, 4.69) is 44.5 Å². The summed E-state index contributed by atoms with van der Waals surface area (Å²) in [5, 5.41) is 1.67. The molecule has 5 nitrogen and oxygen atoms in total. The number of hydrogen-bond donors (Lipinski definition) is 0. The first kappa shape index (κ1) is 23.3. The summed E-state index contributed by atoms with van der Waals surface area (Å²) < 4.78 is 4.57. The maximum Gasteiger partial charge on any atom is 0.227 e. The van der Waals surface area contributed by atoms with Gasteiger partial charge in [-0.1, -0.05) is 54.1 Å². The van der Waals surface area contributed by atoms with E-state index in [4.69, 9.17) is 16.6 Å². The van der Waals surface area contributed by atoms with Crippen molar-refractivity contribution >= 4 is 34.2 Å². The maximum absolute atomic E-state index is 13.3. The molecule has 0 saturated carbocycles. The van der Waals surface area contributed by atoms with Gasteiger partial charge < -0.3 is 9.80 Å². The van der Waals surface area contributed by atoms with Gasteiger partial charge in [-0.05, 0) is 61.3 Å². The van der Waals surface area contributed by atoms with E-state index in [0.717, 1.165) is 79.8 Å². The Morgan fingerprint density at radius 3 is 2.50 bits per heavy atom. The number of nitrogens with zero attached hydrogens (tertiary/aromatic N) is 4. The molecule has 34 heavy (non-hydrogen) atoms. The quantitative estimate of drug-likeness (QED) is 0.455. The highest BCUT2D eigenvalue weighted by Crippen LogP contribution is 2.28. The van der Waals surface area contributed by atoms with Crippen LogP contribution in [-0.4, -0.2) is 46.3 Å². The van der Waals surface area contributed by atoms with Crippen molar-refractivity contribution in [3.8, 4) is 0 Å². The fourth-order valence-corrected chi connectivity index (χ4v) is 5.99. The van der Waals surface area contributed by atoms with Crippen LogP contribution >= 0.6 is 23.1 Å². The lowest BCUT2D eigenvalue weighted by Crippen LogP contribution is -2.47. The molecule has 0 radical (unpaired) electrons. The number of aromatic nitrogens is 2. The zero-order valence-corrected chi connectivity index (χ0v) is 21.0. The predicted octanol–water partition coefficient (Wildman–Crippen LogP) is 5.48. The van der Waals surface area contributed by atoms with Gasteiger partial charge in [0, 0.05) is 49.2 Å². The molecule has 1 unspecified atom stereocenters. The number of likely N-dealkylation sites (tertiary alicyclic amines) is 1. The molecule has 0 aliphatic carbocycles. The molecule has 7 heteroatoms. The number of carbonyl (C=O) groups is 1. The number of halogens is 1. The summed E-state index contributed by atoms with van der Waals surface area (Å²) in [4.78, 5) is 22.5. The number of anilines is 1. The molecule has 0 N–H and O–H groups in total. The molecule has 0 bridgehead atoms. The number of hydrogen-bond acceptors (Lipinski definition) is 5. The van der Waals surface area contributed by atoms with Crippen molar-refractivity contribution < 1.29 is 4.79 Å². The van der Waals surface area contributed by atoms with E-state index in [0.29, 0.717) is 18.2 Å². The third kappa shape index (κ3) is 5.78. The smallest absolute Gasteiger partial charge is 0.227 e. The van der Waals surface area contributed by atoms with Crippen LogP contribution in [0.4, 0.5) is 5.13 Å². The first-order chi connectivity index (χ1) is 16.6. The van der Waals surface area contributed by atoms with Crippen LogP contribution in [0, 0.1) is 11.8 Å². The molecule has 2 saturated heterocycles. The van der Waals surface area contributed by atoms with Crippen LogP contribution < -0.4 is 4.90 Å². The lowest BCUT2D eigenvalue weighted by atomic mass is 9.89. The zero-order valence-electron chi connectivity index (χ0n) is 19.4. The fourth-order valence-electron chi connectivity index (χ4n) is 5.15. The van der Waals surface area contributed by atoms with E-state index in [9.17, 15) is 4.79 Å². The summed E-state index contributed by atoms with van der Waals surface area (Å²) in [6.07, 6.45) is 6.00. The maximum atomic E-state index is 13.3. The van der Waals surface area contributed by atoms with Gasteiger partial charge in [0.1, 0.15) is 5.82 Å². The van der Waals surface area contributed by atoms with Gasteiger partial charge in [0.2, 0.25) is 11.0 Å². The molecule has 2 aliphatic heterocycles. The van der Waals surface area contributed by atoms with Crippen LogP contribution in [0.2, 0.25) is 5.02 Å². The predicted molar refractivity (Wildman–Crippen MR) is 139 cm³/mol. The molecule has 2 aliphatic rings. The van der Waals surface area contributed by atoms with E-state index in [1.54, 1.807) is 0 Å². The third-order valence-electron chi connectivity index (χ3n) is 7.07. The number of piperidine rings is 2. The van der Waals surface area contributed by atoms with E-state index >= 15 is 0 Å². The molecule has 3 heterocycles. The van der Waals surface area contributed by atoms with Gasteiger partial charge in [-0.3, -0.25) is 4.79 Å². The largest absolute Gasteiger partial charge is 0.346 e. The minimum atomic E-state index is 0.0584. The lowest BCUT2D eigenvalue weighted by molar-refractivity contribution is -0.137. The van der Waals surface area contributed by atoms with Crippen LogP contribution in [0.1, 0.15) is 42.6 Å². The molecule has 1 atom stereocenters. The van der Waals surface area contributed by atoms with Crippen molar-refractivity contribution in [2.45, 2.75) is 38.5 Å². The van der Waals surface area contributed by atoms with Gasteiger partial charge in [-0.15, -0.1) is 0 Å². The molecule has 1 aromatic heterocycles. The first-order valence-corrected chi connectivity index (χ1v) is 13.4. The molecule has 2 aromatic carbocycles. The number of amides is 1. The average molecular weight is 495 g/mol. The second kappa shape index (κ2) is 10.9. The molecule has 3 aromatic rings. The Bertz CT molecular complexity index is 1080. The topological polar surface area (TPSA) is 49.3 Å². The van der Waals surface area contributed by atoms with E-state index in [1.165, 1.54) is 17.1 Å². The second-order valence-electron chi connectivity index (χ2n) is 9.54.